The summed E-state index contributed by atoms with van der Waals surface area (Å²) < 4.78 is 7.88. The number of hydrogen-bond acceptors (Lipinski definition) is 5. The Bertz CT molecular complexity index is 690. The number of imidazole rings is 1. The smallest absolute Gasteiger partial charge is 0.226 e. The quantitative estimate of drug-likeness (QED) is 0.660. The average molecular weight is 350 g/mol. The van der Waals surface area contributed by atoms with E-state index in [0.29, 0.717) is 6.04 Å². The lowest BCUT2D eigenvalue weighted by Gasteiger charge is -2.24. The average Bonchev–Trinajstić information content (AvgIpc) is 2.85. The summed E-state index contributed by atoms with van der Waals surface area (Å²) in [7, 11) is 0. The number of ether oxygens (including phenoxy) is 1. The summed E-state index contributed by atoms with van der Waals surface area (Å²) in [6.07, 6.45) is 12.6. The van der Waals surface area contributed by atoms with Crippen molar-refractivity contribution in [3.8, 4) is 0 Å². The minimum absolute atomic E-state index is 0.000414. The van der Waals surface area contributed by atoms with E-state index in [2.05, 4.69) is 20.3 Å². The molecule has 4 rings (SSSR count). The van der Waals surface area contributed by atoms with Crippen LogP contribution in [0.25, 0.3) is 11.2 Å². The third-order valence-electron chi connectivity index (χ3n) is 5.06. The number of nitrogens with one attached hydrogen (secondary N) is 1. The van der Waals surface area contributed by atoms with Crippen LogP contribution in [-0.2, 0) is 4.74 Å². The molecule has 1 saturated carbocycles. The predicted molar refractivity (Wildman–Crippen MR) is 94.3 cm³/mol. The van der Waals surface area contributed by atoms with Crippen LogP contribution in [0.2, 0.25) is 5.28 Å². The van der Waals surface area contributed by atoms with Gasteiger partial charge in [0.05, 0.1) is 6.33 Å². The molecule has 2 fully saturated rings. The molecule has 2 aromatic heterocycles. The van der Waals surface area contributed by atoms with Gasteiger partial charge in [-0.2, -0.15) is 9.97 Å². The third-order valence-corrected chi connectivity index (χ3v) is 5.23. The summed E-state index contributed by atoms with van der Waals surface area (Å²) in [5.74, 6) is 0.756. The van der Waals surface area contributed by atoms with Gasteiger partial charge < -0.3 is 10.1 Å². The minimum Gasteiger partial charge on any atom is -0.365 e. The van der Waals surface area contributed by atoms with Crippen LogP contribution in [0, 0.1) is 0 Å². The van der Waals surface area contributed by atoms with Gasteiger partial charge in [-0.3, -0.25) is 4.57 Å². The van der Waals surface area contributed by atoms with Gasteiger partial charge in [0.15, 0.2) is 17.0 Å². The van der Waals surface area contributed by atoms with Crippen molar-refractivity contribution in [2.45, 2.75) is 70.1 Å². The third kappa shape index (κ3) is 3.35. The van der Waals surface area contributed by atoms with Crippen LogP contribution in [0.4, 0.5) is 5.82 Å². The summed E-state index contributed by atoms with van der Waals surface area (Å²) in [5.41, 5.74) is 1.55. The molecule has 1 unspecified atom stereocenters. The maximum absolute atomic E-state index is 6.20. The first-order valence-electron chi connectivity index (χ1n) is 9.09. The van der Waals surface area contributed by atoms with Gasteiger partial charge in [-0.15, -0.1) is 0 Å². The number of hydrogen-bond donors (Lipinski definition) is 1. The highest BCUT2D eigenvalue weighted by Crippen LogP contribution is 2.29. The van der Waals surface area contributed by atoms with Crippen LogP contribution in [0.15, 0.2) is 6.33 Å². The van der Waals surface area contributed by atoms with E-state index < -0.39 is 0 Å². The summed E-state index contributed by atoms with van der Waals surface area (Å²) in [6, 6.07) is 0.442. The number of aromatic nitrogens is 4. The van der Waals surface area contributed by atoms with Gasteiger partial charge in [0.25, 0.3) is 0 Å². The van der Waals surface area contributed by atoms with Crippen LogP contribution in [0.5, 0.6) is 0 Å². The largest absolute Gasteiger partial charge is 0.365 e. The van der Waals surface area contributed by atoms with Gasteiger partial charge in [0, 0.05) is 12.6 Å². The maximum Gasteiger partial charge on any atom is 0.226 e. The van der Waals surface area contributed by atoms with E-state index >= 15 is 0 Å². The molecule has 2 aromatic rings. The highest BCUT2D eigenvalue weighted by Gasteiger charge is 2.22. The molecular weight excluding hydrogens is 326 g/mol. The maximum atomic E-state index is 6.20. The fourth-order valence-electron chi connectivity index (χ4n) is 3.76. The van der Waals surface area contributed by atoms with Crippen molar-refractivity contribution in [2.24, 2.45) is 0 Å². The van der Waals surface area contributed by atoms with Gasteiger partial charge >= 0.3 is 0 Å². The molecule has 0 amide bonds. The van der Waals surface area contributed by atoms with E-state index in [0.717, 1.165) is 42.9 Å². The zero-order valence-corrected chi connectivity index (χ0v) is 14.6. The first kappa shape index (κ1) is 16.1. The monoisotopic (exact) mass is 349 g/mol. The molecule has 1 atom stereocenters. The molecule has 0 spiro atoms. The van der Waals surface area contributed by atoms with E-state index in [9.17, 15) is 0 Å². The summed E-state index contributed by atoms with van der Waals surface area (Å²) in [4.78, 5) is 13.4. The van der Waals surface area contributed by atoms with Crippen molar-refractivity contribution in [3.05, 3.63) is 11.6 Å². The van der Waals surface area contributed by atoms with Gasteiger partial charge in [-0.25, -0.2) is 4.98 Å². The Kier molecular flexibility index (Phi) is 4.85. The van der Waals surface area contributed by atoms with Crippen LogP contribution in [0.1, 0.15) is 64.0 Å². The van der Waals surface area contributed by atoms with E-state index in [1.807, 2.05) is 10.9 Å². The lowest BCUT2D eigenvalue weighted by Crippen LogP contribution is -2.20. The fraction of sp³-hybridized carbons (Fsp3) is 0.706. The lowest BCUT2D eigenvalue weighted by molar-refractivity contribution is -0.0298. The molecule has 1 aliphatic heterocycles. The molecule has 0 radical (unpaired) electrons. The predicted octanol–water partition coefficient (Wildman–Crippen LogP) is 4.31. The van der Waals surface area contributed by atoms with E-state index in [1.54, 1.807) is 0 Å². The normalized spacial score (nSPS) is 23.3. The van der Waals surface area contributed by atoms with Gasteiger partial charge in [0.1, 0.15) is 6.23 Å². The van der Waals surface area contributed by atoms with Crippen molar-refractivity contribution in [3.63, 3.8) is 0 Å². The highest BCUT2D eigenvalue weighted by molar-refractivity contribution is 6.28. The Balaban J connectivity index is 1.64. The first-order valence-corrected chi connectivity index (χ1v) is 9.47. The lowest BCUT2D eigenvalue weighted by atomic mass is 10.1. The number of fused-ring (bicyclic) bond motifs is 1. The van der Waals surface area contributed by atoms with Crippen molar-refractivity contribution < 1.29 is 4.74 Å². The molecule has 0 aromatic carbocycles. The van der Waals surface area contributed by atoms with E-state index in [-0.39, 0.29) is 11.5 Å². The topological polar surface area (TPSA) is 64.9 Å². The summed E-state index contributed by atoms with van der Waals surface area (Å²) in [5, 5.41) is 3.83. The second-order valence-corrected chi connectivity index (χ2v) is 7.16. The van der Waals surface area contributed by atoms with Crippen LogP contribution < -0.4 is 5.32 Å². The zero-order valence-electron chi connectivity index (χ0n) is 13.9. The van der Waals surface area contributed by atoms with Crippen molar-refractivity contribution in [1.82, 2.24) is 19.5 Å². The summed E-state index contributed by atoms with van der Waals surface area (Å²) >= 11 is 6.20. The second kappa shape index (κ2) is 7.23. The molecule has 130 valence electrons. The molecule has 6 nitrogen and oxygen atoms in total. The SMILES string of the molecule is Clc1nc(NC2CCCCCC2)c2ncn(C3CCCCO3)c2n1. The molecular formula is C17H24ClN5O. The van der Waals surface area contributed by atoms with Gasteiger partial charge in [0.2, 0.25) is 5.28 Å². The molecule has 0 bridgehead atoms. The number of nitrogens with zero attached hydrogens (tertiary/aromatic N) is 4. The number of halogens is 1. The van der Waals surface area contributed by atoms with E-state index in [4.69, 9.17) is 16.3 Å². The Hall–Kier alpha value is -1.40. The van der Waals surface area contributed by atoms with Crippen LogP contribution >= 0.6 is 11.6 Å². The summed E-state index contributed by atoms with van der Waals surface area (Å²) in [6.45, 7) is 0.788. The molecule has 2 aliphatic rings. The standard InChI is InChI=1S/C17H24ClN5O/c18-17-21-15(20-12-7-3-1-2-4-8-12)14-16(22-17)23(11-19-14)13-9-5-6-10-24-13/h11-13H,1-10H2,(H,20,21,22). The van der Waals surface area contributed by atoms with Gasteiger partial charge in [-0.05, 0) is 43.7 Å². The van der Waals surface area contributed by atoms with Gasteiger partial charge in [-0.1, -0.05) is 25.7 Å². The molecule has 1 aliphatic carbocycles. The molecule has 1 saturated heterocycles. The molecule has 3 heterocycles. The second-order valence-electron chi connectivity index (χ2n) is 6.82. The fourth-order valence-corrected chi connectivity index (χ4v) is 3.93. The van der Waals surface area contributed by atoms with Crippen LogP contribution in [0.3, 0.4) is 0 Å². The molecule has 24 heavy (non-hydrogen) atoms. The Morgan fingerprint density at radius 2 is 1.83 bits per heavy atom. The highest BCUT2D eigenvalue weighted by atomic mass is 35.5. The zero-order chi connectivity index (χ0) is 16.4. The number of rotatable bonds is 3. The molecule has 7 heteroatoms. The van der Waals surface area contributed by atoms with Crippen molar-refractivity contribution in [2.75, 3.05) is 11.9 Å². The Morgan fingerprint density at radius 3 is 2.58 bits per heavy atom. The molecule has 1 N–H and O–H groups in total. The number of anilines is 1. The van der Waals surface area contributed by atoms with Crippen LogP contribution in [-0.4, -0.2) is 32.2 Å². The Morgan fingerprint density at radius 1 is 1.04 bits per heavy atom. The van der Waals surface area contributed by atoms with Crippen molar-refractivity contribution in [1.29, 1.82) is 0 Å². The Labute approximate surface area is 147 Å². The van der Waals surface area contributed by atoms with E-state index in [1.165, 1.54) is 38.5 Å². The first-order chi connectivity index (χ1) is 11.8. The van der Waals surface area contributed by atoms with Crippen molar-refractivity contribution >= 4 is 28.6 Å². The minimum atomic E-state index is 0.000414.